The van der Waals surface area contributed by atoms with Crippen molar-refractivity contribution in [3.8, 4) is 17.2 Å². The number of amides is 1. The van der Waals surface area contributed by atoms with E-state index in [0.29, 0.717) is 51.9 Å². The van der Waals surface area contributed by atoms with Gasteiger partial charge in [0, 0.05) is 13.0 Å². The van der Waals surface area contributed by atoms with Crippen LogP contribution in [0, 0.1) is 0 Å². The molecule has 0 atom stereocenters. The molecule has 8 heteroatoms. The van der Waals surface area contributed by atoms with Gasteiger partial charge in [0.1, 0.15) is 10.1 Å². The van der Waals surface area contributed by atoms with E-state index in [1.165, 1.54) is 22.2 Å². The summed E-state index contributed by atoms with van der Waals surface area (Å²) in [6.45, 7) is 11.5. The summed E-state index contributed by atoms with van der Waals surface area (Å²) in [5.41, 5.74) is 2.10. The lowest BCUT2D eigenvalue weighted by Crippen LogP contribution is -2.27. The predicted octanol–water partition coefficient (Wildman–Crippen LogP) is 6.88. The van der Waals surface area contributed by atoms with Gasteiger partial charge in [0.15, 0.2) is 11.5 Å². The Kier molecular flexibility index (Phi) is 9.27. The first-order valence-electron chi connectivity index (χ1n) is 11.2. The van der Waals surface area contributed by atoms with E-state index in [2.05, 4.69) is 39.5 Å². The standard InChI is InChI=1S/C27H30ClNO4S2/c1-6-12-29-25(30)23(35-26(29)34)17-18-15-21(28)24(22(16-18)31-5)33-14-7-13-32-20-10-8-19(9-11-20)27(2,3)4/h6,8-11,15-17H,1,7,12-14H2,2-5H3/b23-17+. The maximum absolute atomic E-state index is 12.6. The van der Waals surface area contributed by atoms with Crippen LogP contribution in [0.1, 0.15) is 38.3 Å². The number of thiocarbonyl (C=S) groups is 1. The second-order valence-electron chi connectivity index (χ2n) is 8.94. The fourth-order valence-corrected chi connectivity index (χ4v) is 4.92. The van der Waals surface area contributed by atoms with Crippen molar-refractivity contribution in [3.63, 3.8) is 0 Å². The highest BCUT2D eigenvalue weighted by molar-refractivity contribution is 8.26. The Morgan fingerprint density at radius 3 is 2.46 bits per heavy atom. The number of halogens is 1. The lowest BCUT2D eigenvalue weighted by molar-refractivity contribution is -0.121. The zero-order valence-corrected chi connectivity index (χ0v) is 22.8. The first-order chi connectivity index (χ1) is 16.6. The highest BCUT2D eigenvalue weighted by Crippen LogP contribution is 2.39. The molecule has 0 N–H and O–H groups in total. The predicted molar refractivity (Wildman–Crippen MR) is 149 cm³/mol. The van der Waals surface area contributed by atoms with Crippen molar-refractivity contribution >= 4 is 51.9 Å². The number of thioether (sulfide) groups is 1. The molecule has 1 aliphatic rings. The number of methoxy groups -OCH3 is 1. The van der Waals surface area contributed by atoms with Gasteiger partial charge >= 0.3 is 0 Å². The maximum atomic E-state index is 12.6. The van der Waals surface area contributed by atoms with E-state index in [4.69, 9.17) is 38.0 Å². The van der Waals surface area contributed by atoms with Gasteiger partial charge in [0.25, 0.3) is 5.91 Å². The van der Waals surface area contributed by atoms with Gasteiger partial charge in [-0.05, 0) is 46.9 Å². The van der Waals surface area contributed by atoms with Gasteiger partial charge < -0.3 is 14.2 Å². The number of carbonyl (C=O) groups is 1. The van der Waals surface area contributed by atoms with E-state index < -0.39 is 0 Å². The summed E-state index contributed by atoms with van der Waals surface area (Å²) >= 11 is 13.0. The molecule has 5 nitrogen and oxygen atoms in total. The molecule has 0 saturated carbocycles. The van der Waals surface area contributed by atoms with Crippen molar-refractivity contribution in [1.82, 2.24) is 4.90 Å². The number of ether oxygens (including phenoxy) is 3. The average molecular weight is 532 g/mol. The van der Waals surface area contributed by atoms with Gasteiger partial charge in [-0.3, -0.25) is 9.69 Å². The molecule has 1 aliphatic heterocycles. The molecule has 0 radical (unpaired) electrons. The number of rotatable bonds is 10. The van der Waals surface area contributed by atoms with Crippen LogP contribution in [-0.2, 0) is 10.2 Å². The van der Waals surface area contributed by atoms with Crippen molar-refractivity contribution in [3.05, 3.63) is 70.1 Å². The number of hydrogen-bond acceptors (Lipinski definition) is 6. The summed E-state index contributed by atoms with van der Waals surface area (Å²) in [6, 6.07) is 11.7. The van der Waals surface area contributed by atoms with Crippen molar-refractivity contribution in [1.29, 1.82) is 0 Å². The Labute approximate surface area is 222 Å². The van der Waals surface area contributed by atoms with Crippen LogP contribution in [-0.4, -0.2) is 42.0 Å². The third-order valence-electron chi connectivity index (χ3n) is 5.26. The molecule has 0 bridgehead atoms. The lowest BCUT2D eigenvalue weighted by Gasteiger charge is -2.19. The SMILES string of the molecule is C=CCN1C(=O)/C(=C\c2cc(Cl)c(OCCCOc3ccc(C(C)(C)C)cc3)c(OC)c2)SC1=S. The van der Waals surface area contributed by atoms with Gasteiger partial charge in [0.05, 0.1) is 30.3 Å². The van der Waals surface area contributed by atoms with Crippen LogP contribution in [0.25, 0.3) is 6.08 Å². The van der Waals surface area contributed by atoms with Gasteiger partial charge in [-0.1, -0.05) is 74.6 Å². The number of carbonyl (C=O) groups excluding carboxylic acids is 1. The second kappa shape index (κ2) is 12.0. The smallest absolute Gasteiger partial charge is 0.266 e. The topological polar surface area (TPSA) is 48.0 Å². The molecule has 2 aromatic carbocycles. The number of nitrogens with zero attached hydrogens (tertiary/aromatic N) is 1. The molecule has 2 aromatic rings. The van der Waals surface area contributed by atoms with Gasteiger partial charge in [-0.25, -0.2) is 0 Å². The first-order valence-corrected chi connectivity index (χ1v) is 12.8. The third-order valence-corrected chi connectivity index (χ3v) is 6.92. The summed E-state index contributed by atoms with van der Waals surface area (Å²) in [5.74, 6) is 1.63. The minimum Gasteiger partial charge on any atom is -0.493 e. The van der Waals surface area contributed by atoms with Crippen molar-refractivity contribution in [2.45, 2.75) is 32.6 Å². The average Bonchev–Trinajstić information content (AvgIpc) is 3.07. The van der Waals surface area contributed by atoms with Crippen LogP contribution in [0.2, 0.25) is 5.02 Å². The van der Waals surface area contributed by atoms with Gasteiger partial charge in [0.2, 0.25) is 0 Å². The molecule has 0 aromatic heterocycles. The molecule has 0 aliphatic carbocycles. The lowest BCUT2D eigenvalue weighted by atomic mass is 9.87. The van der Waals surface area contributed by atoms with E-state index in [1.807, 2.05) is 12.1 Å². The Bertz CT molecular complexity index is 1120. The zero-order valence-electron chi connectivity index (χ0n) is 20.4. The van der Waals surface area contributed by atoms with Crippen LogP contribution < -0.4 is 14.2 Å². The minimum atomic E-state index is -0.150. The van der Waals surface area contributed by atoms with Crippen LogP contribution in [0.3, 0.4) is 0 Å². The van der Waals surface area contributed by atoms with Crippen LogP contribution in [0.4, 0.5) is 0 Å². The molecule has 35 heavy (non-hydrogen) atoms. The molecular formula is C27H30ClNO4S2. The Balaban J connectivity index is 1.58. The van der Waals surface area contributed by atoms with E-state index in [1.54, 1.807) is 31.4 Å². The summed E-state index contributed by atoms with van der Waals surface area (Å²) in [6.07, 6.45) is 4.07. The monoisotopic (exact) mass is 531 g/mol. The molecule has 1 fully saturated rings. The normalized spacial score (nSPS) is 15.0. The van der Waals surface area contributed by atoms with E-state index in [0.717, 1.165) is 11.3 Å². The Morgan fingerprint density at radius 2 is 1.83 bits per heavy atom. The van der Waals surface area contributed by atoms with E-state index in [9.17, 15) is 4.79 Å². The quantitative estimate of drug-likeness (QED) is 0.144. The summed E-state index contributed by atoms with van der Waals surface area (Å²) in [5, 5.41) is 0.399. The highest BCUT2D eigenvalue weighted by atomic mass is 35.5. The number of hydrogen-bond donors (Lipinski definition) is 0. The molecular weight excluding hydrogens is 502 g/mol. The Morgan fingerprint density at radius 1 is 1.14 bits per heavy atom. The summed E-state index contributed by atoms with van der Waals surface area (Å²) < 4.78 is 17.7. The summed E-state index contributed by atoms with van der Waals surface area (Å²) in [7, 11) is 1.55. The molecule has 1 amide bonds. The van der Waals surface area contributed by atoms with Crippen molar-refractivity contribution in [2.24, 2.45) is 0 Å². The van der Waals surface area contributed by atoms with Crippen molar-refractivity contribution < 1.29 is 19.0 Å². The minimum absolute atomic E-state index is 0.112. The molecule has 1 heterocycles. The fraction of sp³-hybridized carbons (Fsp3) is 0.333. The largest absolute Gasteiger partial charge is 0.493 e. The Hall–Kier alpha value is -2.48. The fourth-order valence-electron chi connectivity index (χ4n) is 3.38. The van der Waals surface area contributed by atoms with Crippen LogP contribution in [0.5, 0.6) is 17.2 Å². The van der Waals surface area contributed by atoms with E-state index >= 15 is 0 Å². The summed E-state index contributed by atoms with van der Waals surface area (Å²) in [4.78, 5) is 14.6. The molecule has 0 unspecified atom stereocenters. The highest BCUT2D eigenvalue weighted by Gasteiger charge is 2.31. The molecule has 3 rings (SSSR count). The van der Waals surface area contributed by atoms with Crippen LogP contribution >= 0.6 is 35.6 Å². The zero-order chi connectivity index (χ0) is 25.6. The molecule has 0 spiro atoms. The first kappa shape index (κ1) is 27.1. The van der Waals surface area contributed by atoms with Gasteiger partial charge in [-0.15, -0.1) is 6.58 Å². The number of benzene rings is 2. The van der Waals surface area contributed by atoms with Gasteiger partial charge in [-0.2, -0.15) is 0 Å². The third kappa shape index (κ3) is 7.03. The van der Waals surface area contributed by atoms with Crippen molar-refractivity contribution in [2.75, 3.05) is 26.9 Å². The van der Waals surface area contributed by atoms with Crippen LogP contribution in [0.15, 0.2) is 54.0 Å². The maximum Gasteiger partial charge on any atom is 0.266 e. The van der Waals surface area contributed by atoms with E-state index in [-0.39, 0.29) is 11.3 Å². The molecule has 1 saturated heterocycles. The molecule has 186 valence electrons. The second-order valence-corrected chi connectivity index (χ2v) is 11.0.